The third kappa shape index (κ3) is 2.75. The second kappa shape index (κ2) is 6.61. The summed E-state index contributed by atoms with van der Waals surface area (Å²) in [6.07, 6.45) is 0.00284. The molecule has 0 radical (unpaired) electrons. The van der Waals surface area contributed by atoms with E-state index in [1.165, 1.54) is 18.2 Å². The zero-order valence-corrected chi connectivity index (χ0v) is 15.3. The van der Waals surface area contributed by atoms with Gasteiger partial charge >= 0.3 is 5.97 Å². The predicted molar refractivity (Wildman–Crippen MR) is 99.6 cm³/mol. The molecule has 2 heterocycles. The second-order valence-electron chi connectivity index (χ2n) is 7.12. The van der Waals surface area contributed by atoms with Crippen molar-refractivity contribution < 1.29 is 24.6 Å². The van der Waals surface area contributed by atoms with E-state index >= 15 is 0 Å². The Morgan fingerprint density at radius 2 is 1.82 bits per heavy atom. The Bertz CT molecular complexity index is 980. The van der Waals surface area contributed by atoms with Crippen LogP contribution in [0.4, 0.5) is 0 Å². The van der Waals surface area contributed by atoms with Crippen molar-refractivity contribution in [2.75, 3.05) is 0 Å². The van der Waals surface area contributed by atoms with E-state index in [4.69, 9.17) is 11.6 Å². The van der Waals surface area contributed by atoms with Crippen molar-refractivity contribution in [3.63, 3.8) is 0 Å². The fourth-order valence-electron chi connectivity index (χ4n) is 4.32. The summed E-state index contributed by atoms with van der Waals surface area (Å²) in [4.78, 5) is 37.5. The van der Waals surface area contributed by atoms with E-state index in [1.54, 1.807) is 30.3 Å². The summed E-state index contributed by atoms with van der Waals surface area (Å²) in [6, 6.07) is 12.3. The molecule has 2 aliphatic heterocycles. The lowest BCUT2D eigenvalue weighted by Crippen LogP contribution is -2.57. The van der Waals surface area contributed by atoms with Gasteiger partial charge < -0.3 is 10.2 Å². The molecule has 0 saturated carbocycles. The van der Waals surface area contributed by atoms with Crippen LogP contribution < -0.4 is 10.6 Å². The van der Waals surface area contributed by atoms with Crippen LogP contribution in [0.15, 0.2) is 48.5 Å². The molecule has 2 saturated heterocycles. The van der Waals surface area contributed by atoms with Gasteiger partial charge in [0.2, 0.25) is 11.8 Å². The Hall–Kier alpha value is -2.90. The first-order valence-corrected chi connectivity index (χ1v) is 9.09. The number of hydrogen-bond donors (Lipinski definition) is 4. The van der Waals surface area contributed by atoms with Crippen LogP contribution in [0.3, 0.4) is 0 Å². The predicted octanol–water partition coefficient (Wildman–Crippen LogP) is 1.64. The molecule has 2 aromatic rings. The highest BCUT2D eigenvalue weighted by atomic mass is 35.5. The Labute approximate surface area is 165 Å². The summed E-state index contributed by atoms with van der Waals surface area (Å²) in [6.45, 7) is 0. The van der Waals surface area contributed by atoms with Crippen molar-refractivity contribution in [1.29, 1.82) is 0 Å². The minimum absolute atomic E-state index is 0.00284. The van der Waals surface area contributed by atoms with Gasteiger partial charge in [-0.05, 0) is 23.8 Å². The topological polar surface area (TPSA) is 116 Å². The van der Waals surface area contributed by atoms with E-state index in [2.05, 4.69) is 10.6 Å². The van der Waals surface area contributed by atoms with Crippen molar-refractivity contribution in [2.45, 2.75) is 18.0 Å². The lowest BCUT2D eigenvalue weighted by atomic mass is 9.76. The van der Waals surface area contributed by atoms with Gasteiger partial charge in [0, 0.05) is 23.0 Å². The summed E-state index contributed by atoms with van der Waals surface area (Å²) < 4.78 is 0. The average molecular weight is 401 g/mol. The van der Waals surface area contributed by atoms with Gasteiger partial charge in [-0.3, -0.25) is 25.0 Å². The minimum atomic E-state index is -1.71. The van der Waals surface area contributed by atoms with E-state index in [0.717, 1.165) is 0 Å². The maximum Gasteiger partial charge on any atom is 0.325 e. The van der Waals surface area contributed by atoms with E-state index < -0.39 is 41.2 Å². The van der Waals surface area contributed by atoms with Crippen molar-refractivity contribution >= 4 is 29.4 Å². The van der Waals surface area contributed by atoms with Gasteiger partial charge in [-0.15, -0.1) is 0 Å². The number of rotatable bonds is 4. The largest absolute Gasteiger partial charge is 0.508 e. The summed E-state index contributed by atoms with van der Waals surface area (Å²) in [5.74, 6) is -4.67. The van der Waals surface area contributed by atoms with Crippen LogP contribution in [0, 0.1) is 11.8 Å². The van der Waals surface area contributed by atoms with Gasteiger partial charge in [0.15, 0.2) is 0 Å². The van der Waals surface area contributed by atoms with Crippen LogP contribution in [0.2, 0.25) is 5.02 Å². The lowest BCUT2D eigenvalue weighted by Gasteiger charge is -2.30. The number of aliphatic carboxylic acids is 1. The standard InChI is InChI=1S/C20H17ClN2O5/c21-11-6-7-13(24)12(8-11)16-14-15(18(26)22-17(14)25)20(23-16,19(27)28)9-10-4-2-1-3-5-10/h1-8,14-16,23-24H,9H2,(H,27,28)(H,22,25,26). The molecule has 144 valence electrons. The number of nitrogens with one attached hydrogen (secondary N) is 2. The quantitative estimate of drug-likeness (QED) is 0.580. The zero-order chi connectivity index (χ0) is 20.1. The molecular weight excluding hydrogens is 384 g/mol. The van der Waals surface area contributed by atoms with Crippen molar-refractivity contribution in [3.05, 3.63) is 64.7 Å². The molecule has 4 atom stereocenters. The number of phenols is 1. The average Bonchev–Trinajstić information content (AvgIpc) is 3.15. The maximum atomic E-state index is 12.6. The van der Waals surface area contributed by atoms with Crippen LogP contribution in [0.5, 0.6) is 5.75 Å². The van der Waals surface area contributed by atoms with Gasteiger partial charge in [-0.2, -0.15) is 0 Å². The van der Waals surface area contributed by atoms with E-state index in [0.29, 0.717) is 10.6 Å². The molecule has 0 aromatic heterocycles. The van der Waals surface area contributed by atoms with Crippen LogP contribution in [-0.2, 0) is 20.8 Å². The monoisotopic (exact) mass is 400 g/mol. The number of amides is 2. The molecule has 2 aliphatic rings. The molecule has 4 rings (SSSR count). The highest BCUT2D eigenvalue weighted by Gasteiger charge is 2.66. The lowest BCUT2D eigenvalue weighted by molar-refractivity contribution is -0.149. The molecule has 8 heteroatoms. The third-order valence-corrected chi connectivity index (χ3v) is 5.76. The van der Waals surface area contributed by atoms with Crippen LogP contribution in [-0.4, -0.2) is 33.5 Å². The summed E-state index contributed by atoms with van der Waals surface area (Å²) in [5.41, 5.74) is -0.718. The van der Waals surface area contributed by atoms with Gasteiger partial charge in [0.25, 0.3) is 0 Å². The zero-order valence-electron chi connectivity index (χ0n) is 14.6. The summed E-state index contributed by atoms with van der Waals surface area (Å²) in [5, 5.41) is 26.0. The third-order valence-electron chi connectivity index (χ3n) is 5.53. The Morgan fingerprint density at radius 1 is 1.11 bits per heavy atom. The normalized spacial score (nSPS) is 28.8. The van der Waals surface area contributed by atoms with Gasteiger partial charge in [-0.25, -0.2) is 0 Å². The SMILES string of the molecule is O=C1NC(=O)C2C1C(c1cc(Cl)ccc1O)NC2(Cc1ccccc1)C(=O)O. The molecule has 2 aromatic carbocycles. The number of fused-ring (bicyclic) bond motifs is 1. The number of imide groups is 1. The summed E-state index contributed by atoms with van der Waals surface area (Å²) >= 11 is 6.04. The fourth-order valence-corrected chi connectivity index (χ4v) is 4.50. The second-order valence-corrected chi connectivity index (χ2v) is 7.56. The Morgan fingerprint density at radius 3 is 2.50 bits per heavy atom. The highest BCUT2D eigenvalue weighted by molar-refractivity contribution is 6.30. The minimum Gasteiger partial charge on any atom is -0.508 e. The number of benzene rings is 2. The van der Waals surface area contributed by atoms with E-state index in [-0.39, 0.29) is 17.7 Å². The molecule has 4 N–H and O–H groups in total. The molecule has 7 nitrogen and oxygen atoms in total. The molecular formula is C20H17ClN2O5. The Balaban J connectivity index is 1.85. The molecule has 0 bridgehead atoms. The number of hydrogen-bond acceptors (Lipinski definition) is 5. The first kappa shape index (κ1) is 18.5. The first-order valence-electron chi connectivity index (χ1n) is 8.71. The van der Waals surface area contributed by atoms with Crippen molar-refractivity contribution in [3.8, 4) is 5.75 Å². The van der Waals surface area contributed by atoms with Crippen molar-refractivity contribution in [2.24, 2.45) is 11.8 Å². The molecule has 4 unspecified atom stereocenters. The highest BCUT2D eigenvalue weighted by Crippen LogP contribution is 2.49. The molecule has 28 heavy (non-hydrogen) atoms. The van der Waals surface area contributed by atoms with Crippen LogP contribution in [0.25, 0.3) is 0 Å². The number of carbonyl (C=O) groups excluding carboxylic acids is 2. The fraction of sp³-hybridized carbons (Fsp3) is 0.250. The van der Waals surface area contributed by atoms with Gasteiger partial charge in [0.1, 0.15) is 11.3 Å². The van der Waals surface area contributed by atoms with E-state index in [1.807, 2.05) is 0 Å². The molecule has 0 aliphatic carbocycles. The first-order chi connectivity index (χ1) is 13.3. The van der Waals surface area contributed by atoms with Crippen molar-refractivity contribution in [1.82, 2.24) is 10.6 Å². The number of phenolic OH excluding ortho intramolecular Hbond substituents is 1. The van der Waals surface area contributed by atoms with Crippen LogP contribution in [0.1, 0.15) is 17.2 Å². The van der Waals surface area contributed by atoms with Gasteiger partial charge in [-0.1, -0.05) is 41.9 Å². The number of aromatic hydroxyl groups is 1. The number of carbonyl (C=O) groups is 3. The number of carboxylic acid groups (broad SMARTS) is 1. The summed E-state index contributed by atoms with van der Waals surface area (Å²) in [7, 11) is 0. The Kier molecular flexibility index (Phi) is 4.36. The van der Waals surface area contributed by atoms with Crippen LogP contribution >= 0.6 is 11.6 Å². The molecule has 2 fully saturated rings. The van der Waals surface area contributed by atoms with Gasteiger partial charge in [0.05, 0.1) is 11.8 Å². The number of carboxylic acids is 1. The molecule has 2 amide bonds. The number of halogens is 1. The molecule has 0 spiro atoms. The smallest absolute Gasteiger partial charge is 0.325 e. The maximum absolute atomic E-state index is 12.6. The van der Waals surface area contributed by atoms with E-state index in [9.17, 15) is 24.6 Å².